The molecule has 1 aliphatic rings. The average Bonchev–Trinajstić information content (AvgIpc) is 2.36. The summed E-state index contributed by atoms with van der Waals surface area (Å²) in [6.07, 6.45) is 0. The first kappa shape index (κ1) is 11.0. The van der Waals surface area contributed by atoms with E-state index in [4.69, 9.17) is 10.5 Å². The third-order valence-corrected chi connectivity index (χ3v) is 2.23. The molecule has 0 aliphatic carbocycles. The number of para-hydroxylation sites is 2. The minimum absolute atomic E-state index is 0.115. The standard InChI is InChI=1S/C11H10N2O4/c1-16-10(14)8(12)9-11(15)17-7-5-3-2-4-6(7)13-9/h2-5,13H,12H2,1H3. The van der Waals surface area contributed by atoms with Crippen molar-refractivity contribution in [3.63, 3.8) is 0 Å². The number of nitrogens with one attached hydrogen (secondary N) is 1. The van der Waals surface area contributed by atoms with Crippen LogP contribution in [0.25, 0.3) is 0 Å². The molecule has 0 unspecified atom stereocenters. The second-order valence-electron chi connectivity index (χ2n) is 3.29. The minimum Gasteiger partial charge on any atom is -0.464 e. The number of ether oxygens (including phenoxy) is 2. The molecule has 3 N–H and O–H groups in total. The Hall–Kier alpha value is -2.50. The van der Waals surface area contributed by atoms with Crippen LogP contribution in [0.2, 0.25) is 0 Å². The van der Waals surface area contributed by atoms with Crippen LogP contribution in [0.5, 0.6) is 5.75 Å². The molecule has 0 saturated carbocycles. The molecule has 2 rings (SSSR count). The number of rotatable bonds is 1. The lowest BCUT2D eigenvalue weighted by atomic mass is 10.2. The van der Waals surface area contributed by atoms with E-state index in [1.807, 2.05) is 0 Å². The third-order valence-electron chi connectivity index (χ3n) is 2.23. The van der Waals surface area contributed by atoms with Crippen LogP contribution in [-0.4, -0.2) is 19.0 Å². The lowest BCUT2D eigenvalue weighted by Crippen LogP contribution is -2.29. The van der Waals surface area contributed by atoms with Crippen LogP contribution >= 0.6 is 0 Å². The van der Waals surface area contributed by atoms with Gasteiger partial charge in [0.1, 0.15) is 5.70 Å². The Kier molecular flexibility index (Phi) is 2.70. The van der Waals surface area contributed by atoms with Gasteiger partial charge in [0.05, 0.1) is 12.8 Å². The van der Waals surface area contributed by atoms with Gasteiger partial charge < -0.3 is 20.5 Å². The zero-order valence-corrected chi connectivity index (χ0v) is 9.02. The summed E-state index contributed by atoms with van der Waals surface area (Å²) in [6.45, 7) is 0. The number of hydrogen-bond donors (Lipinski definition) is 2. The molecule has 0 aromatic heterocycles. The van der Waals surface area contributed by atoms with Crippen molar-refractivity contribution in [3.05, 3.63) is 35.7 Å². The smallest absolute Gasteiger partial charge is 0.362 e. The molecule has 0 amide bonds. The van der Waals surface area contributed by atoms with Gasteiger partial charge in [-0.2, -0.15) is 0 Å². The molecule has 1 heterocycles. The Morgan fingerprint density at radius 1 is 1.41 bits per heavy atom. The van der Waals surface area contributed by atoms with Gasteiger partial charge in [-0.1, -0.05) is 12.1 Å². The Bertz CT molecular complexity index is 522. The van der Waals surface area contributed by atoms with Crippen molar-refractivity contribution in [2.24, 2.45) is 5.73 Å². The molecule has 6 heteroatoms. The zero-order valence-electron chi connectivity index (χ0n) is 9.02. The fourth-order valence-corrected chi connectivity index (χ4v) is 1.38. The van der Waals surface area contributed by atoms with Crippen molar-refractivity contribution in [1.82, 2.24) is 0 Å². The summed E-state index contributed by atoms with van der Waals surface area (Å²) >= 11 is 0. The SMILES string of the molecule is COC(=O)C(N)=C1Nc2ccccc2OC1=O. The van der Waals surface area contributed by atoms with E-state index >= 15 is 0 Å². The van der Waals surface area contributed by atoms with Crippen LogP contribution in [0.4, 0.5) is 5.69 Å². The molecular weight excluding hydrogens is 224 g/mol. The van der Waals surface area contributed by atoms with Crippen molar-refractivity contribution >= 4 is 17.6 Å². The second kappa shape index (κ2) is 4.17. The number of hydrogen-bond acceptors (Lipinski definition) is 6. The summed E-state index contributed by atoms with van der Waals surface area (Å²) in [4.78, 5) is 22.8. The normalized spacial score (nSPS) is 16.4. The molecule has 0 bridgehead atoms. The number of benzene rings is 1. The molecule has 0 radical (unpaired) electrons. The van der Waals surface area contributed by atoms with Crippen LogP contribution in [-0.2, 0) is 14.3 Å². The molecule has 88 valence electrons. The van der Waals surface area contributed by atoms with Gasteiger partial charge in [-0.15, -0.1) is 0 Å². The van der Waals surface area contributed by atoms with Crippen LogP contribution in [0.15, 0.2) is 35.7 Å². The summed E-state index contributed by atoms with van der Waals surface area (Å²) in [6, 6.07) is 6.82. The van der Waals surface area contributed by atoms with Gasteiger partial charge in [-0.05, 0) is 12.1 Å². The van der Waals surface area contributed by atoms with Gasteiger partial charge >= 0.3 is 11.9 Å². The predicted molar refractivity (Wildman–Crippen MR) is 58.9 cm³/mol. The molecular formula is C11H10N2O4. The minimum atomic E-state index is -0.788. The van der Waals surface area contributed by atoms with E-state index in [0.717, 1.165) is 0 Å². The maximum atomic E-state index is 11.6. The van der Waals surface area contributed by atoms with E-state index in [-0.39, 0.29) is 11.4 Å². The fraction of sp³-hybridized carbons (Fsp3) is 0.0909. The maximum absolute atomic E-state index is 11.6. The van der Waals surface area contributed by atoms with E-state index < -0.39 is 11.9 Å². The lowest BCUT2D eigenvalue weighted by molar-refractivity contribution is -0.137. The summed E-state index contributed by atoms with van der Waals surface area (Å²) < 4.78 is 9.45. The van der Waals surface area contributed by atoms with Gasteiger partial charge in [0.2, 0.25) is 0 Å². The van der Waals surface area contributed by atoms with Gasteiger partial charge in [-0.25, -0.2) is 9.59 Å². The highest BCUT2D eigenvalue weighted by atomic mass is 16.5. The van der Waals surface area contributed by atoms with Gasteiger partial charge in [0.15, 0.2) is 11.4 Å². The van der Waals surface area contributed by atoms with Crippen LogP contribution in [0, 0.1) is 0 Å². The summed E-state index contributed by atoms with van der Waals surface area (Å²) in [5.41, 5.74) is 5.63. The monoisotopic (exact) mass is 234 g/mol. The van der Waals surface area contributed by atoms with Crippen molar-refractivity contribution < 1.29 is 19.1 Å². The Morgan fingerprint density at radius 3 is 2.82 bits per heavy atom. The second-order valence-corrected chi connectivity index (χ2v) is 3.29. The number of carbonyl (C=O) groups is 2. The molecule has 6 nitrogen and oxygen atoms in total. The Labute approximate surface area is 97.0 Å². The summed E-state index contributed by atoms with van der Waals surface area (Å²) in [5, 5.41) is 2.74. The molecule has 1 aromatic carbocycles. The molecule has 0 spiro atoms. The first-order valence-corrected chi connectivity index (χ1v) is 4.79. The fourth-order valence-electron chi connectivity index (χ4n) is 1.38. The highest BCUT2D eigenvalue weighted by molar-refractivity contribution is 6.04. The molecule has 1 aliphatic heterocycles. The number of fused-ring (bicyclic) bond motifs is 1. The van der Waals surface area contributed by atoms with Crippen LogP contribution in [0.1, 0.15) is 0 Å². The topological polar surface area (TPSA) is 90.7 Å². The van der Waals surface area contributed by atoms with Crippen LogP contribution in [0.3, 0.4) is 0 Å². The molecule has 0 fully saturated rings. The van der Waals surface area contributed by atoms with Crippen molar-refractivity contribution in [2.45, 2.75) is 0 Å². The number of nitrogens with two attached hydrogens (primary N) is 1. The van der Waals surface area contributed by atoms with E-state index in [0.29, 0.717) is 11.4 Å². The molecule has 0 saturated heterocycles. The van der Waals surface area contributed by atoms with Crippen molar-refractivity contribution in [1.29, 1.82) is 0 Å². The quantitative estimate of drug-likeness (QED) is 0.414. The number of carbonyl (C=O) groups excluding carboxylic acids is 2. The van der Waals surface area contributed by atoms with Crippen molar-refractivity contribution in [3.8, 4) is 5.75 Å². The molecule has 0 atom stereocenters. The molecule has 1 aromatic rings. The van der Waals surface area contributed by atoms with E-state index in [2.05, 4.69) is 10.1 Å². The predicted octanol–water partition coefficient (Wildman–Crippen LogP) is 0.361. The number of esters is 2. The summed E-state index contributed by atoms with van der Waals surface area (Å²) in [5.74, 6) is -1.12. The highest BCUT2D eigenvalue weighted by Gasteiger charge is 2.27. The first-order valence-electron chi connectivity index (χ1n) is 4.79. The molecule has 17 heavy (non-hydrogen) atoms. The van der Waals surface area contributed by atoms with Gasteiger partial charge in [-0.3, -0.25) is 0 Å². The Morgan fingerprint density at radius 2 is 2.12 bits per heavy atom. The third kappa shape index (κ3) is 1.92. The Balaban J connectivity index is 2.42. The largest absolute Gasteiger partial charge is 0.464 e. The van der Waals surface area contributed by atoms with Crippen molar-refractivity contribution in [2.75, 3.05) is 12.4 Å². The lowest BCUT2D eigenvalue weighted by Gasteiger charge is -2.20. The van der Waals surface area contributed by atoms with Crippen LogP contribution < -0.4 is 15.8 Å². The van der Waals surface area contributed by atoms with E-state index in [9.17, 15) is 9.59 Å². The van der Waals surface area contributed by atoms with Gasteiger partial charge in [0, 0.05) is 0 Å². The van der Waals surface area contributed by atoms with E-state index in [1.165, 1.54) is 7.11 Å². The maximum Gasteiger partial charge on any atom is 0.362 e. The zero-order chi connectivity index (χ0) is 12.4. The van der Waals surface area contributed by atoms with E-state index in [1.54, 1.807) is 24.3 Å². The first-order chi connectivity index (χ1) is 8.13. The highest BCUT2D eigenvalue weighted by Crippen LogP contribution is 2.30. The number of anilines is 1. The number of methoxy groups -OCH3 is 1. The summed E-state index contributed by atoms with van der Waals surface area (Å²) in [7, 11) is 1.18. The average molecular weight is 234 g/mol. The van der Waals surface area contributed by atoms with Gasteiger partial charge in [0.25, 0.3) is 0 Å².